The zero-order valence-electron chi connectivity index (χ0n) is 15.3. The van der Waals surface area contributed by atoms with Crippen LogP contribution in [0.3, 0.4) is 0 Å². The van der Waals surface area contributed by atoms with Gasteiger partial charge in [0, 0.05) is 38.4 Å². The van der Waals surface area contributed by atoms with E-state index in [0.717, 1.165) is 16.8 Å². The summed E-state index contributed by atoms with van der Waals surface area (Å²) in [6, 6.07) is 18.8. The molecule has 3 aromatic carbocycles. The largest absolute Gasteiger partial charge is 0.490 e. The summed E-state index contributed by atoms with van der Waals surface area (Å²) in [7, 11) is 0. The summed E-state index contributed by atoms with van der Waals surface area (Å²) in [5.74, 6) is 1.39. The van der Waals surface area contributed by atoms with Crippen LogP contribution in [0.15, 0.2) is 60.7 Å². The number of halogens is 3. The molecule has 0 atom stereocenters. The molecule has 3 aromatic rings. The fraction of sp³-hybridized carbons (Fsp3) is 0.182. The Hall–Kier alpha value is -2.07. The van der Waals surface area contributed by atoms with Crippen molar-refractivity contribution in [3.8, 4) is 11.5 Å². The molecule has 0 heterocycles. The van der Waals surface area contributed by atoms with Gasteiger partial charge in [0.2, 0.25) is 0 Å². The highest BCUT2D eigenvalue weighted by Gasteiger charge is 2.13. The highest BCUT2D eigenvalue weighted by Crippen LogP contribution is 2.33. The van der Waals surface area contributed by atoms with Crippen molar-refractivity contribution in [1.29, 1.82) is 0 Å². The molecule has 0 amide bonds. The molecule has 0 aromatic heterocycles. The second-order valence-electron chi connectivity index (χ2n) is 6.06. The van der Waals surface area contributed by atoms with Gasteiger partial charge in [0.1, 0.15) is 6.61 Å². The summed E-state index contributed by atoms with van der Waals surface area (Å²) in [6.07, 6.45) is 0. The minimum absolute atomic E-state index is 0.314. The molecule has 0 aliphatic rings. The molecular formula is C22H20Cl3NO2. The Morgan fingerprint density at radius 1 is 0.821 bits per heavy atom. The van der Waals surface area contributed by atoms with E-state index in [2.05, 4.69) is 5.32 Å². The molecule has 3 rings (SSSR count). The van der Waals surface area contributed by atoms with Crippen LogP contribution in [-0.4, -0.2) is 6.61 Å². The number of para-hydroxylation sites is 1. The Labute approximate surface area is 180 Å². The van der Waals surface area contributed by atoms with Crippen LogP contribution in [-0.2, 0) is 13.2 Å². The summed E-state index contributed by atoms with van der Waals surface area (Å²) in [5.41, 5.74) is 2.80. The van der Waals surface area contributed by atoms with Crippen LogP contribution in [0.5, 0.6) is 11.5 Å². The fourth-order valence-electron chi connectivity index (χ4n) is 2.69. The predicted octanol–water partition coefficient (Wildman–Crippen LogP) is 7.24. The van der Waals surface area contributed by atoms with Crippen LogP contribution >= 0.6 is 34.8 Å². The first-order chi connectivity index (χ1) is 13.6. The Morgan fingerprint density at radius 3 is 2.29 bits per heavy atom. The number of benzene rings is 3. The predicted molar refractivity (Wildman–Crippen MR) is 117 cm³/mol. The van der Waals surface area contributed by atoms with Crippen molar-refractivity contribution >= 4 is 40.5 Å². The van der Waals surface area contributed by atoms with Gasteiger partial charge >= 0.3 is 0 Å². The third-order valence-corrected chi connectivity index (χ3v) is 4.91. The molecule has 0 fully saturated rings. The van der Waals surface area contributed by atoms with Crippen LogP contribution in [0.2, 0.25) is 15.1 Å². The maximum absolute atomic E-state index is 6.27. The van der Waals surface area contributed by atoms with E-state index in [1.165, 1.54) is 0 Å². The number of hydrogen-bond acceptors (Lipinski definition) is 3. The maximum Gasteiger partial charge on any atom is 0.166 e. The minimum Gasteiger partial charge on any atom is -0.490 e. The van der Waals surface area contributed by atoms with E-state index < -0.39 is 0 Å². The molecule has 6 heteroatoms. The van der Waals surface area contributed by atoms with Crippen LogP contribution in [0.4, 0.5) is 5.69 Å². The summed E-state index contributed by atoms with van der Waals surface area (Å²) < 4.78 is 11.9. The van der Waals surface area contributed by atoms with Gasteiger partial charge in [-0.2, -0.15) is 0 Å². The molecule has 1 N–H and O–H groups in total. The molecule has 0 bridgehead atoms. The zero-order chi connectivity index (χ0) is 19.9. The lowest BCUT2D eigenvalue weighted by Gasteiger charge is -2.17. The maximum atomic E-state index is 6.27. The van der Waals surface area contributed by atoms with Gasteiger partial charge in [-0.15, -0.1) is 0 Å². The topological polar surface area (TPSA) is 30.5 Å². The number of anilines is 1. The quantitative estimate of drug-likeness (QED) is 0.404. The molecule has 3 nitrogen and oxygen atoms in total. The number of hydrogen-bond donors (Lipinski definition) is 1. The Morgan fingerprint density at radius 2 is 1.57 bits per heavy atom. The molecule has 0 saturated carbocycles. The van der Waals surface area contributed by atoms with Crippen LogP contribution in [0.25, 0.3) is 0 Å². The lowest BCUT2D eigenvalue weighted by Crippen LogP contribution is -2.06. The van der Waals surface area contributed by atoms with Gasteiger partial charge in [-0.25, -0.2) is 0 Å². The van der Waals surface area contributed by atoms with Crippen LogP contribution in [0.1, 0.15) is 18.1 Å². The van der Waals surface area contributed by atoms with Gasteiger partial charge in [0.05, 0.1) is 6.61 Å². The van der Waals surface area contributed by atoms with E-state index in [1.54, 1.807) is 12.1 Å². The number of nitrogens with one attached hydrogen (secondary N) is 1. The minimum atomic E-state index is 0.314. The highest BCUT2D eigenvalue weighted by molar-refractivity contribution is 6.35. The van der Waals surface area contributed by atoms with Gasteiger partial charge in [0.15, 0.2) is 11.5 Å². The molecular weight excluding hydrogens is 417 g/mol. The van der Waals surface area contributed by atoms with Gasteiger partial charge in [-0.1, -0.05) is 53.0 Å². The molecule has 0 aliphatic heterocycles. The second kappa shape index (κ2) is 9.92. The Kier molecular flexibility index (Phi) is 7.32. The van der Waals surface area contributed by atoms with Crippen molar-refractivity contribution in [3.05, 3.63) is 86.9 Å². The van der Waals surface area contributed by atoms with Crippen LogP contribution < -0.4 is 14.8 Å². The lowest BCUT2D eigenvalue weighted by atomic mass is 10.1. The van der Waals surface area contributed by atoms with E-state index in [-0.39, 0.29) is 0 Å². The van der Waals surface area contributed by atoms with Crippen molar-refractivity contribution in [2.75, 3.05) is 11.9 Å². The van der Waals surface area contributed by atoms with Crippen molar-refractivity contribution in [3.63, 3.8) is 0 Å². The summed E-state index contributed by atoms with van der Waals surface area (Å²) in [6.45, 7) is 3.38. The van der Waals surface area contributed by atoms with Crippen molar-refractivity contribution in [1.82, 2.24) is 0 Å². The standard InChI is InChI=1S/C22H20Cl3NO2/c1-2-27-21-5-3-4-15(13-26-19-10-8-17(23)9-11-19)22(21)28-14-16-6-7-18(24)12-20(16)25/h3-12,26H,2,13-14H2,1H3. The third kappa shape index (κ3) is 5.48. The van der Waals surface area contributed by atoms with Gasteiger partial charge in [0.25, 0.3) is 0 Å². The molecule has 0 unspecified atom stereocenters. The van der Waals surface area contributed by atoms with E-state index in [4.69, 9.17) is 44.3 Å². The van der Waals surface area contributed by atoms with Crippen molar-refractivity contribution in [2.45, 2.75) is 20.1 Å². The average molecular weight is 437 g/mol. The summed E-state index contributed by atoms with van der Waals surface area (Å²) >= 11 is 18.2. The third-order valence-electron chi connectivity index (χ3n) is 4.07. The first-order valence-corrected chi connectivity index (χ1v) is 10.0. The molecule has 0 aliphatic carbocycles. The Balaban J connectivity index is 1.79. The summed E-state index contributed by atoms with van der Waals surface area (Å²) in [5, 5.41) is 5.24. The van der Waals surface area contributed by atoms with E-state index in [1.807, 2.05) is 55.5 Å². The lowest BCUT2D eigenvalue weighted by molar-refractivity contribution is 0.267. The first kappa shape index (κ1) is 20.7. The zero-order valence-corrected chi connectivity index (χ0v) is 17.6. The van der Waals surface area contributed by atoms with E-state index >= 15 is 0 Å². The SMILES string of the molecule is CCOc1cccc(CNc2ccc(Cl)cc2)c1OCc1ccc(Cl)cc1Cl. The van der Waals surface area contributed by atoms with Crippen LogP contribution in [0, 0.1) is 0 Å². The average Bonchev–Trinajstić information content (AvgIpc) is 2.68. The van der Waals surface area contributed by atoms with Crippen molar-refractivity contribution in [2.24, 2.45) is 0 Å². The fourth-order valence-corrected chi connectivity index (χ4v) is 3.28. The normalized spacial score (nSPS) is 10.6. The molecule has 0 radical (unpaired) electrons. The van der Waals surface area contributed by atoms with Crippen molar-refractivity contribution < 1.29 is 9.47 Å². The number of rotatable bonds is 8. The van der Waals surface area contributed by atoms with E-state index in [0.29, 0.717) is 46.3 Å². The second-order valence-corrected chi connectivity index (χ2v) is 7.34. The molecule has 0 spiro atoms. The van der Waals surface area contributed by atoms with E-state index in [9.17, 15) is 0 Å². The smallest absolute Gasteiger partial charge is 0.166 e. The summed E-state index contributed by atoms with van der Waals surface area (Å²) in [4.78, 5) is 0. The van der Waals surface area contributed by atoms with Gasteiger partial charge < -0.3 is 14.8 Å². The molecule has 146 valence electrons. The van der Waals surface area contributed by atoms with Gasteiger partial charge in [-0.3, -0.25) is 0 Å². The molecule has 28 heavy (non-hydrogen) atoms. The highest BCUT2D eigenvalue weighted by atomic mass is 35.5. The monoisotopic (exact) mass is 435 g/mol. The molecule has 0 saturated heterocycles. The number of ether oxygens (including phenoxy) is 2. The Bertz CT molecular complexity index is 930. The first-order valence-electron chi connectivity index (χ1n) is 8.87. The van der Waals surface area contributed by atoms with Gasteiger partial charge in [-0.05, 0) is 49.4 Å².